The van der Waals surface area contributed by atoms with Crippen molar-refractivity contribution in [2.24, 2.45) is 0 Å². The predicted molar refractivity (Wildman–Crippen MR) is 238 cm³/mol. The number of rotatable bonds is 6. The highest BCUT2D eigenvalue weighted by Crippen LogP contribution is 2.43. The molecular weight excluding hydrogens is 679 g/mol. The summed E-state index contributed by atoms with van der Waals surface area (Å²) in [6, 6.07) is 57.7. The van der Waals surface area contributed by atoms with Gasteiger partial charge < -0.3 is 9.32 Å². The van der Waals surface area contributed by atoms with Crippen LogP contribution in [0.4, 0.5) is 17.1 Å². The van der Waals surface area contributed by atoms with Crippen molar-refractivity contribution in [3.63, 3.8) is 0 Å². The van der Waals surface area contributed by atoms with E-state index in [1.54, 1.807) is 0 Å². The van der Waals surface area contributed by atoms with Crippen LogP contribution in [-0.4, -0.2) is 0 Å². The van der Waals surface area contributed by atoms with E-state index in [1.807, 2.05) is 6.07 Å². The van der Waals surface area contributed by atoms with Crippen molar-refractivity contribution in [2.75, 3.05) is 4.90 Å². The fraction of sp³-hybridized carbons (Fsp3) is 0.0741. The zero-order valence-electron chi connectivity index (χ0n) is 31.1. The van der Waals surface area contributed by atoms with Gasteiger partial charge in [-0.15, -0.1) is 0 Å². The van der Waals surface area contributed by atoms with Gasteiger partial charge in [0, 0.05) is 27.8 Å². The summed E-state index contributed by atoms with van der Waals surface area (Å²) in [7, 11) is 0. The van der Waals surface area contributed by atoms with E-state index < -0.39 is 0 Å². The average Bonchev–Trinajstić information content (AvgIpc) is 3.66. The Morgan fingerprint density at radius 3 is 2.04 bits per heavy atom. The number of nitrogens with zero attached hydrogens (tertiary/aromatic N) is 1. The van der Waals surface area contributed by atoms with Gasteiger partial charge in [-0.25, -0.2) is 0 Å². The van der Waals surface area contributed by atoms with E-state index in [1.165, 1.54) is 71.4 Å². The van der Waals surface area contributed by atoms with Crippen LogP contribution in [-0.2, 0) is 6.42 Å². The Labute approximate surface area is 327 Å². The lowest BCUT2D eigenvalue weighted by Crippen LogP contribution is -2.10. The monoisotopic (exact) mass is 717 g/mol. The van der Waals surface area contributed by atoms with Crippen molar-refractivity contribution in [2.45, 2.75) is 25.7 Å². The van der Waals surface area contributed by atoms with Gasteiger partial charge >= 0.3 is 0 Å². The molecule has 2 nitrogen and oxygen atoms in total. The van der Waals surface area contributed by atoms with Gasteiger partial charge in [-0.2, -0.15) is 0 Å². The fourth-order valence-electron chi connectivity index (χ4n) is 9.06. The first-order chi connectivity index (χ1) is 27.8. The van der Waals surface area contributed by atoms with Crippen LogP contribution in [0.3, 0.4) is 0 Å². The Morgan fingerprint density at radius 2 is 1.18 bits per heavy atom. The molecular formula is C54H39NO. The molecule has 9 aromatic rings. The minimum absolute atomic E-state index is 0.921. The second-order valence-electron chi connectivity index (χ2n) is 15.0. The Morgan fingerprint density at radius 1 is 0.446 bits per heavy atom. The predicted octanol–water partition coefficient (Wildman–Crippen LogP) is 15.4. The quantitative estimate of drug-likeness (QED) is 0.170. The molecule has 2 heteroatoms. The number of anilines is 3. The number of benzene rings is 8. The van der Waals surface area contributed by atoms with Gasteiger partial charge in [-0.05, 0) is 152 Å². The summed E-state index contributed by atoms with van der Waals surface area (Å²) in [4.78, 5) is 2.39. The van der Waals surface area contributed by atoms with Crippen molar-refractivity contribution >= 4 is 72.2 Å². The highest BCUT2D eigenvalue weighted by molar-refractivity contribution is 6.19. The molecule has 0 aliphatic heterocycles. The third-order valence-electron chi connectivity index (χ3n) is 11.7. The maximum Gasteiger partial charge on any atom is 0.136 e. The molecule has 0 N–H and O–H groups in total. The third-order valence-corrected chi connectivity index (χ3v) is 11.7. The molecule has 8 aromatic carbocycles. The van der Waals surface area contributed by atoms with Crippen LogP contribution in [0, 0.1) is 0 Å². The zero-order chi connectivity index (χ0) is 37.0. The maximum atomic E-state index is 6.30. The van der Waals surface area contributed by atoms with Gasteiger partial charge in [0.25, 0.3) is 0 Å². The van der Waals surface area contributed by atoms with E-state index in [4.69, 9.17) is 4.42 Å². The smallest absolute Gasteiger partial charge is 0.136 e. The number of aryl methyl sites for hydroxylation is 1. The minimum Gasteiger partial charge on any atom is -0.456 e. The van der Waals surface area contributed by atoms with Crippen LogP contribution in [0.15, 0.2) is 186 Å². The van der Waals surface area contributed by atoms with Gasteiger partial charge in [0.1, 0.15) is 11.2 Å². The van der Waals surface area contributed by atoms with Crippen molar-refractivity contribution in [3.05, 3.63) is 199 Å². The molecule has 2 aliphatic rings. The average molecular weight is 718 g/mol. The zero-order valence-corrected chi connectivity index (χ0v) is 31.1. The largest absolute Gasteiger partial charge is 0.456 e. The third kappa shape index (κ3) is 5.48. The number of hydrogen-bond acceptors (Lipinski definition) is 2. The summed E-state index contributed by atoms with van der Waals surface area (Å²) in [5.74, 6) is 0. The van der Waals surface area contributed by atoms with Crippen LogP contribution < -0.4 is 4.90 Å². The maximum absolute atomic E-state index is 6.30. The van der Waals surface area contributed by atoms with E-state index in [-0.39, 0.29) is 0 Å². The Hall–Kier alpha value is -6.90. The summed E-state index contributed by atoms with van der Waals surface area (Å²) in [5.41, 5.74) is 15.4. The summed E-state index contributed by atoms with van der Waals surface area (Å²) in [6.45, 7) is 0. The van der Waals surface area contributed by atoms with E-state index in [0.717, 1.165) is 59.3 Å². The summed E-state index contributed by atoms with van der Waals surface area (Å²) in [6.07, 6.45) is 15.9. The van der Waals surface area contributed by atoms with Gasteiger partial charge in [-0.3, -0.25) is 0 Å². The van der Waals surface area contributed by atoms with E-state index >= 15 is 0 Å². The highest BCUT2D eigenvalue weighted by atomic mass is 16.3. The van der Waals surface area contributed by atoms with Crippen molar-refractivity contribution < 1.29 is 4.42 Å². The molecule has 2 aliphatic carbocycles. The first-order valence-electron chi connectivity index (χ1n) is 19.8. The summed E-state index contributed by atoms with van der Waals surface area (Å²) >= 11 is 0. The first-order valence-corrected chi connectivity index (χ1v) is 19.8. The molecule has 0 saturated carbocycles. The Balaban J connectivity index is 1.05. The minimum atomic E-state index is 0.921. The van der Waals surface area contributed by atoms with Gasteiger partial charge in [-0.1, -0.05) is 127 Å². The molecule has 11 rings (SSSR count). The number of furan rings is 1. The molecule has 266 valence electrons. The second kappa shape index (κ2) is 13.4. The van der Waals surface area contributed by atoms with Gasteiger partial charge in [0.2, 0.25) is 0 Å². The molecule has 0 amide bonds. The number of para-hydroxylation sites is 2. The SMILES string of the molecule is C1=CC(c2cc(N(c3ccccc3)c3ccc(-c4cc5c(c6ccccc46)CCC=C5)cc3)ccc2-c2ccc3ccc4oc5ccccc5c4c3c2)=CCC1. The lowest BCUT2D eigenvalue weighted by molar-refractivity contribution is 0.669. The first kappa shape index (κ1) is 32.5. The number of hydrogen-bond donors (Lipinski definition) is 0. The molecule has 0 atom stereocenters. The molecule has 56 heavy (non-hydrogen) atoms. The summed E-state index contributed by atoms with van der Waals surface area (Å²) < 4.78 is 6.30. The molecule has 1 heterocycles. The highest BCUT2D eigenvalue weighted by Gasteiger charge is 2.20. The standard InChI is InChI=1S/C54H39NO/c1-3-13-36(14-4-1)50-35-43(30-31-45(50)40-24-23-38-27-32-53-54(51(38)34-40)48-21-11-12-22-52(48)56-53)55(41-16-5-2-6-17-41)42-28-25-37(26-29-42)49-33-39-15-7-8-18-44(39)46-19-9-10-20-47(46)49/h2-3,5-7,9-17,19-35H,1,4,8,18H2. The van der Waals surface area contributed by atoms with E-state index in [2.05, 4.69) is 187 Å². The van der Waals surface area contributed by atoms with Crippen LogP contribution >= 0.6 is 0 Å². The Bertz CT molecular complexity index is 3070. The molecule has 1 aromatic heterocycles. The van der Waals surface area contributed by atoms with Crippen LogP contribution in [0.1, 0.15) is 36.0 Å². The second-order valence-corrected chi connectivity index (χ2v) is 15.0. The lowest BCUT2D eigenvalue weighted by atomic mass is 9.87. The van der Waals surface area contributed by atoms with E-state index in [0.29, 0.717) is 0 Å². The normalized spacial score (nSPS) is 13.8. The number of fused-ring (bicyclic) bond motifs is 8. The van der Waals surface area contributed by atoms with Gasteiger partial charge in [0.05, 0.1) is 0 Å². The Kier molecular flexibility index (Phi) is 7.81. The molecule has 0 radical (unpaired) electrons. The van der Waals surface area contributed by atoms with Crippen LogP contribution in [0.5, 0.6) is 0 Å². The van der Waals surface area contributed by atoms with Crippen molar-refractivity contribution in [1.82, 2.24) is 0 Å². The summed E-state index contributed by atoms with van der Waals surface area (Å²) in [5, 5.41) is 7.43. The van der Waals surface area contributed by atoms with Crippen molar-refractivity contribution in [3.8, 4) is 22.3 Å². The fourth-order valence-corrected chi connectivity index (χ4v) is 9.06. The van der Waals surface area contributed by atoms with Gasteiger partial charge in [0.15, 0.2) is 0 Å². The van der Waals surface area contributed by atoms with Crippen molar-refractivity contribution in [1.29, 1.82) is 0 Å². The topological polar surface area (TPSA) is 16.4 Å². The van der Waals surface area contributed by atoms with Crippen LogP contribution in [0.2, 0.25) is 0 Å². The molecule has 0 unspecified atom stereocenters. The molecule has 0 saturated heterocycles. The molecule has 0 bridgehead atoms. The van der Waals surface area contributed by atoms with E-state index in [9.17, 15) is 0 Å². The molecule has 0 fully saturated rings. The lowest BCUT2D eigenvalue weighted by Gasteiger charge is -2.27. The molecule has 0 spiro atoms. The number of allylic oxidation sites excluding steroid dienone is 5. The van der Waals surface area contributed by atoms with Crippen LogP contribution in [0.25, 0.3) is 77.4 Å².